The molecule has 0 radical (unpaired) electrons. The number of anilines is 3. The normalized spacial score (nSPS) is 11.6. The van der Waals surface area contributed by atoms with Crippen LogP contribution in [0.2, 0.25) is 0 Å². The SMILES string of the molecule is c1ccc(-c2cccc3ccc(-c4ccc(N(c5cccc([Si](c6ccccc6)(c6ccccc6)c6ccccc6)c5)c5cccc6c5sc5ccccc56)cc4)cc23)cc1. The van der Waals surface area contributed by atoms with Gasteiger partial charge in [-0.15, -0.1) is 11.3 Å². The summed E-state index contributed by atoms with van der Waals surface area (Å²) in [5.74, 6) is 0. The van der Waals surface area contributed by atoms with Crippen LogP contribution in [-0.2, 0) is 0 Å². The van der Waals surface area contributed by atoms with Crippen LogP contribution in [-0.4, -0.2) is 8.07 Å². The van der Waals surface area contributed by atoms with Crippen LogP contribution in [0, 0.1) is 0 Å². The van der Waals surface area contributed by atoms with Crippen molar-refractivity contribution in [2.45, 2.75) is 0 Å². The van der Waals surface area contributed by atoms with E-state index in [-0.39, 0.29) is 0 Å². The lowest BCUT2D eigenvalue weighted by Gasteiger charge is -2.35. The zero-order chi connectivity index (χ0) is 40.6. The molecule has 0 saturated heterocycles. The zero-order valence-corrected chi connectivity index (χ0v) is 35.3. The van der Waals surface area contributed by atoms with E-state index in [2.05, 4.69) is 254 Å². The number of rotatable bonds is 9. The molecule has 11 rings (SSSR count). The maximum Gasteiger partial charge on any atom is 0.179 e. The standard InChI is InChI=1S/C58H41NSSi/c1-5-18-43(19-6-1)52-30-15-20-44-34-35-45(40-55(44)52)42-36-38-46(39-37-42)59(56-32-17-31-54-53-29-13-14-33-57(53)60-58(54)56)47-21-16-28-51(41-47)61(48-22-7-2-8-23-48,49-24-9-3-10-25-49)50-26-11-4-12-27-50/h1-41H. The monoisotopic (exact) mass is 811 g/mol. The highest BCUT2D eigenvalue weighted by Gasteiger charge is 2.41. The van der Waals surface area contributed by atoms with Crippen LogP contribution < -0.4 is 25.6 Å². The molecule has 0 aliphatic heterocycles. The zero-order valence-electron chi connectivity index (χ0n) is 33.5. The van der Waals surface area contributed by atoms with Gasteiger partial charge in [0.05, 0.1) is 10.4 Å². The third-order valence-electron chi connectivity index (χ3n) is 12.2. The molecule has 10 aromatic carbocycles. The van der Waals surface area contributed by atoms with Crippen LogP contribution in [0.1, 0.15) is 0 Å². The Balaban J connectivity index is 1.11. The second-order valence-corrected chi connectivity index (χ2v) is 20.5. The predicted molar refractivity (Wildman–Crippen MR) is 266 cm³/mol. The van der Waals surface area contributed by atoms with Crippen molar-refractivity contribution >= 4 is 88.2 Å². The van der Waals surface area contributed by atoms with Crippen molar-refractivity contribution in [3.63, 3.8) is 0 Å². The maximum absolute atomic E-state index is 2.79. The van der Waals surface area contributed by atoms with Gasteiger partial charge in [0.25, 0.3) is 0 Å². The number of hydrogen-bond acceptors (Lipinski definition) is 2. The molecule has 3 heteroatoms. The van der Waals surface area contributed by atoms with Crippen molar-refractivity contribution in [2.75, 3.05) is 4.90 Å². The minimum Gasteiger partial charge on any atom is -0.309 e. The molecule has 0 N–H and O–H groups in total. The molecule has 11 aromatic rings. The largest absolute Gasteiger partial charge is 0.309 e. The minimum atomic E-state index is -2.79. The van der Waals surface area contributed by atoms with Gasteiger partial charge in [0.1, 0.15) is 0 Å². The number of thiophene rings is 1. The number of benzene rings is 10. The lowest BCUT2D eigenvalue weighted by atomic mass is 9.95. The first kappa shape index (κ1) is 36.8. The average Bonchev–Trinajstić information content (AvgIpc) is 3.73. The molecule has 0 atom stereocenters. The molecule has 0 unspecified atom stereocenters. The summed E-state index contributed by atoms with van der Waals surface area (Å²) in [6.45, 7) is 0. The lowest BCUT2D eigenvalue weighted by Crippen LogP contribution is -2.74. The fourth-order valence-electron chi connectivity index (χ4n) is 9.40. The Morgan fingerprint density at radius 2 is 0.885 bits per heavy atom. The molecule has 1 aromatic heterocycles. The Labute approximate surface area is 362 Å². The first-order valence-corrected chi connectivity index (χ1v) is 23.7. The second-order valence-electron chi connectivity index (χ2n) is 15.6. The third kappa shape index (κ3) is 6.47. The summed E-state index contributed by atoms with van der Waals surface area (Å²) in [5, 5.41) is 10.5. The van der Waals surface area contributed by atoms with Gasteiger partial charge in [0, 0.05) is 26.8 Å². The van der Waals surface area contributed by atoms with E-state index in [0.717, 1.165) is 11.4 Å². The first-order valence-electron chi connectivity index (χ1n) is 20.9. The third-order valence-corrected chi connectivity index (χ3v) is 18.2. The van der Waals surface area contributed by atoms with E-state index in [4.69, 9.17) is 0 Å². The smallest absolute Gasteiger partial charge is 0.179 e. The highest BCUT2D eigenvalue weighted by molar-refractivity contribution is 7.26. The van der Waals surface area contributed by atoms with Gasteiger partial charge in [0.15, 0.2) is 8.07 Å². The van der Waals surface area contributed by atoms with Crippen molar-refractivity contribution in [3.8, 4) is 22.3 Å². The molecule has 1 heterocycles. The summed E-state index contributed by atoms with van der Waals surface area (Å²) in [6.07, 6.45) is 0. The minimum absolute atomic E-state index is 1.11. The van der Waals surface area contributed by atoms with E-state index in [9.17, 15) is 0 Å². The molecule has 0 amide bonds. The Morgan fingerprint density at radius 1 is 0.328 bits per heavy atom. The van der Waals surface area contributed by atoms with Gasteiger partial charge >= 0.3 is 0 Å². The van der Waals surface area contributed by atoms with Gasteiger partial charge in [-0.3, -0.25) is 0 Å². The molecule has 0 spiro atoms. The molecule has 1 nitrogen and oxygen atoms in total. The van der Waals surface area contributed by atoms with Crippen LogP contribution in [0.15, 0.2) is 249 Å². The predicted octanol–water partition coefficient (Wildman–Crippen LogP) is 13.4. The summed E-state index contributed by atoms with van der Waals surface area (Å²) in [4.78, 5) is 2.49. The van der Waals surface area contributed by atoms with Gasteiger partial charge in [-0.25, -0.2) is 0 Å². The van der Waals surface area contributed by atoms with Crippen LogP contribution >= 0.6 is 11.3 Å². The highest BCUT2D eigenvalue weighted by Crippen LogP contribution is 2.45. The summed E-state index contributed by atoms with van der Waals surface area (Å²) < 4.78 is 2.57. The molecule has 288 valence electrons. The molecule has 0 bridgehead atoms. The molecule has 0 saturated carbocycles. The van der Waals surface area contributed by atoms with Crippen molar-refractivity contribution < 1.29 is 0 Å². The topological polar surface area (TPSA) is 3.24 Å². The van der Waals surface area contributed by atoms with Crippen molar-refractivity contribution in [3.05, 3.63) is 249 Å². The summed E-state index contributed by atoms with van der Waals surface area (Å²) >= 11 is 1.87. The van der Waals surface area contributed by atoms with E-state index in [0.29, 0.717) is 0 Å². The van der Waals surface area contributed by atoms with Gasteiger partial charge < -0.3 is 4.90 Å². The number of nitrogens with zero attached hydrogens (tertiary/aromatic N) is 1. The van der Waals surface area contributed by atoms with E-state index in [1.807, 2.05) is 11.3 Å². The fourth-order valence-corrected chi connectivity index (χ4v) is 15.4. The Hall–Kier alpha value is -7.30. The molecule has 61 heavy (non-hydrogen) atoms. The molecule has 0 fully saturated rings. The van der Waals surface area contributed by atoms with E-state index < -0.39 is 8.07 Å². The Morgan fingerprint density at radius 3 is 1.57 bits per heavy atom. The van der Waals surface area contributed by atoms with E-state index in [1.165, 1.54) is 79.6 Å². The van der Waals surface area contributed by atoms with Gasteiger partial charge in [-0.2, -0.15) is 0 Å². The maximum atomic E-state index is 2.49. The van der Waals surface area contributed by atoms with Crippen molar-refractivity contribution in [1.29, 1.82) is 0 Å². The van der Waals surface area contributed by atoms with Crippen LogP contribution in [0.25, 0.3) is 53.2 Å². The van der Waals surface area contributed by atoms with Gasteiger partial charge in [0.2, 0.25) is 0 Å². The first-order chi connectivity index (χ1) is 30.3. The Kier molecular flexibility index (Phi) is 9.46. The van der Waals surface area contributed by atoms with E-state index >= 15 is 0 Å². The van der Waals surface area contributed by atoms with Crippen molar-refractivity contribution in [1.82, 2.24) is 0 Å². The number of fused-ring (bicyclic) bond motifs is 4. The quantitative estimate of drug-likeness (QED) is 0.104. The summed E-state index contributed by atoms with van der Waals surface area (Å²) in [5.41, 5.74) is 8.29. The summed E-state index contributed by atoms with van der Waals surface area (Å²) in [6, 6.07) is 91.9. The average molecular weight is 812 g/mol. The molecular formula is C58H41NSSi. The molecule has 0 aliphatic carbocycles. The molecule has 0 aliphatic rings. The van der Waals surface area contributed by atoms with Crippen LogP contribution in [0.3, 0.4) is 0 Å². The molecular weight excluding hydrogens is 771 g/mol. The van der Waals surface area contributed by atoms with Crippen molar-refractivity contribution in [2.24, 2.45) is 0 Å². The second kappa shape index (κ2) is 15.7. The van der Waals surface area contributed by atoms with Crippen LogP contribution in [0.5, 0.6) is 0 Å². The van der Waals surface area contributed by atoms with Gasteiger partial charge in [-0.05, 0) is 96.2 Å². The highest BCUT2D eigenvalue weighted by atomic mass is 32.1. The lowest BCUT2D eigenvalue weighted by molar-refractivity contribution is 1.30. The van der Waals surface area contributed by atoms with Crippen LogP contribution in [0.4, 0.5) is 17.1 Å². The van der Waals surface area contributed by atoms with E-state index in [1.54, 1.807) is 0 Å². The number of hydrogen-bond donors (Lipinski definition) is 0. The van der Waals surface area contributed by atoms with Gasteiger partial charge in [-0.1, -0.05) is 206 Å². The summed E-state index contributed by atoms with van der Waals surface area (Å²) in [7, 11) is -2.79. The fraction of sp³-hybridized carbons (Fsp3) is 0. The Bertz CT molecular complexity index is 3190.